The van der Waals surface area contributed by atoms with Gasteiger partial charge in [0.15, 0.2) is 0 Å². The maximum absolute atomic E-state index is 11.8. The highest BCUT2D eigenvalue weighted by atomic mass is 19.4. The maximum atomic E-state index is 11.8. The fraction of sp³-hybridized carbons (Fsp3) is 0.500. The van der Waals surface area contributed by atoms with Gasteiger partial charge in [-0.05, 0) is 6.07 Å². The van der Waals surface area contributed by atoms with Gasteiger partial charge in [0.2, 0.25) is 0 Å². The molecule has 0 saturated carbocycles. The van der Waals surface area contributed by atoms with Crippen molar-refractivity contribution in [2.24, 2.45) is 0 Å². The van der Waals surface area contributed by atoms with Gasteiger partial charge in [-0.15, -0.1) is 0 Å². The first-order valence-electron chi connectivity index (χ1n) is 5.50. The van der Waals surface area contributed by atoms with Crippen LogP contribution >= 0.6 is 0 Å². The van der Waals surface area contributed by atoms with Gasteiger partial charge in [0.05, 0.1) is 13.7 Å². The molecular weight excluding hydrogens is 247 g/mol. The Kier molecular flexibility index (Phi) is 5.94. The molecule has 6 heteroatoms. The average molecular weight is 263 g/mol. The van der Waals surface area contributed by atoms with Crippen molar-refractivity contribution in [1.82, 2.24) is 5.32 Å². The van der Waals surface area contributed by atoms with E-state index in [0.717, 1.165) is 11.3 Å². The van der Waals surface area contributed by atoms with E-state index in [4.69, 9.17) is 4.74 Å². The molecule has 0 aliphatic carbocycles. The molecule has 0 spiro atoms. The Morgan fingerprint density at radius 2 is 1.94 bits per heavy atom. The summed E-state index contributed by atoms with van der Waals surface area (Å²) in [6, 6.07) is 7.45. The molecular formula is C12H16F3NO2. The third-order valence-corrected chi connectivity index (χ3v) is 2.20. The lowest BCUT2D eigenvalue weighted by Gasteiger charge is -2.10. The Morgan fingerprint density at radius 1 is 1.22 bits per heavy atom. The minimum Gasteiger partial charge on any atom is -0.496 e. The molecule has 0 aromatic heterocycles. The molecule has 1 rings (SSSR count). The Labute approximate surface area is 104 Å². The van der Waals surface area contributed by atoms with Gasteiger partial charge in [0.25, 0.3) is 0 Å². The largest absolute Gasteiger partial charge is 0.496 e. The van der Waals surface area contributed by atoms with Gasteiger partial charge in [-0.2, -0.15) is 13.2 Å². The van der Waals surface area contributed by atoms with E-state index in [1.54, 1.807) is 7.11 Å². The fourth-order valence-corrected chi connectivity index (χ4v) is 1.40. The molecule has 0 bridgehead atoms. The van der Waals surface area contributed by atoms with Gasteiger partial charge in [0.1, 0.15) is 12.4 Å². The number of hydrogen-bond acceptors (Lipinski definition) is 3. The molecule has 0 atom stereocenters. The summed E-state index contributed by atoms with van der Waals surface area (Å²) in [5.74, 6) is 0.751. The standard InChI is InChI=1S/C12H16F3NO2/c1-17-11-5-3-2-4-10(11)8-16-6-7-18-9-12(13,14)15/h2-5,16H,6-9H2,1H3. The second kappa shape index (κ2) is 7.23. The third kappa shape index (κ3) is 5.88. The number of nitrogens with one attached hydrogen (secondary N) is 1. The Bertz CT molecular complexity index is 355. The van der Waals surface area contributed by atoms with Crippen LogP contribution in [0.1, 0.15) is 5.56 Å². The van der Waals surface area contributed by atoms with E-state index in [9.17, 15) is 13.2 Å². The molecule has 0 radical (unpaired) electrons. The summed E-state index contributed by atoms with van der Waals surface area (Å²) in [5.41, 5.74) is 0.954. The highest BCUT2D eigenvalue weighted by Gasteiger charge is 2.27. The molecule has 102 valence electrons. The van der Waals surface area contributed by atoms with Crippen LogP contribution in [0.25, 0.3) is 0 Å². The van der Waals surface area contributed by atoms with E-state index in [0.29, 0.717) is 13.1 Å². The topological polar surface area (TPSA) is 30.5 Å². The van der Waals surface area contributed by atoms with E-state index < -0.39 is 12.8 Å². The molecule has 0 fully saturated rings. The van der Waals surface area contributed by atoms with Crippen molar-refractivity contribution >= 4 is 0 Å². The van der Waals surface area contributed by atoms with Gasteiger partial charge in [-0.3, -0.25) is 0 Å². The van der Waals surface area contributed by atoms with Crippen LogP contribution < -0.4 is 10.1 Å². The van der Waals surface area contributed by atoms with Crippen LogP contribution in [0.15, 0.2) is 24.3 Å². The molecule has 0 heterocycles. The minimum absolute atomic E-state index is 0.0225. The molecule has 1 N–H and O–H groups in total. The number of halogens is 3. The molecule has 3 nitrogen and oxygen atoms in total. The summed E-state index contributed by atoms with van der Waals surface area (Å²) in [5, 5.41) is 2.99. The van der Waals surface area contributed by atoms with Crippen LogP contribution in [0, 0.1) is 0 Å². The van der Waals surface area contributed by atoms with Crippen LogP contribution in [-0.2, 0) is 11.3 Å². The summed E-state index contributed by atoms with van der Waals surface area (Å²) in [6.07, 6.45) is -4.26. The lowest BCUT2D eigenvalue weighted by atomic mass is 10.2. The number of rotatable bonds is 7. The zero-order valence-electron chi connectivity index (χ0n) is 10.1. The van der Waals surface area contributed by atoms with Crippen molar-refractivity contribution < 1.29 is 22.6 Å². The molecule has 0 aliphatic heterocycles. The quantitative estimate of drug-likeness (QED) is 0.766. The lowest BCUT2D eigenvalue weighted by Crippen LogP contribution is -2.23. The van der Waals surface area contributed by atoms with Gasteiger partial charge >= 0.3 is 6.18 Å². The third-order valence-electron chi connectivity index (χ3n) is 2.20. The summed E-state index contributed by atoms with van der Waals surface area (Å²) >= 11 is 0. The summed E-state index contributed by atoms with van der Waals surface area (Å²) in [6.45, 7) is -0.300. The number of para-hydroxylation sites is 1. The van der Waals surface area contributed by atoms with Crippen molar-refractivity contribution in [2.45, 2.75) is 12.7 Å². The van der Waals surface area contributed by atoms with Gasteiger partial charge in [0, 0.05) is 18.7 Å². The number of methoxy groups -OCH3 is 1. The molecule has 1 aromatic rings. The highest BCUT2D eigenvalue weighted by Crippen LogP contribution is 2.16. The monoisotopic (exact) mass is 263 g/mol. The summed E-state index contributed by atoms with van der Waals surface area (Å²) in [7, 11) is 1.57. The predicted octanol–water partition coefficient (Wildman–Crippen LogP) is 2.36. The van der Waals surface area contributed by atoms with Crippen LogP contribution in [0.2, 0.25) is 0 Å². The summed E-state index contributed by atoms with van der Waals surface area (Å²) in [4.78, 5) is 0. The first-order chi connectivity index (χ1) is 8.53. The number of benzene rings is 1. The van der Waals surface area contributed by atoms with Crippen molar-refractivity contribution in [1.29, 1.82) is 0 Å². The Hall–Kier alpha value is -1.27. The molecule has 0 saturated heterocycles. The predicted molar refractivity (Wildman–Crippen MR) is 61.6 cm³/mol. The molecule has 0 amide bonds. The number of ether oxygens (including phenoxy) is 2. The van der Waals surface area contributed by atoms with Crippen LogP contribution in [0.3, 0.4) is 0 Å². The van der Waals surface area contributed by atoms with Crippen molar-refractivity contribution in [3.8, 4) is 5.75 Å². The molecule has 0 unspecified atom stereocenters. The Balaban J connectivity index is 2.18. The smallest absolute Gasteiger partial charge is 0.411 e. The van der Waals surface area contributed by atoms with Crippen molar-refractivity contribution in [3.05, 3.63) is 29.8 Å². The second-order valence-electron chi connectivity index (χ2n) is 3.66. The zero-order valence-corrected chi connectivity index (χ0v) is 10.1. The molecule has 18 heavy (non-hydrogen) atoms. The fourth-order valence-electron chi connectivity index (χ4n) is 1.40. The van der Waals surface area contributed by atoms with Crippen LogP contribution in [-0.4, -0.2) is 33.0 Å². The van der Waals surface area contributed by atoms with Crippen molar-refractivity contribution in [3.63, 3.8) is 0 Å². The zero-order chi connectivity index (χ0) is 13.4. The van der Waals surface area contributed by atoms with Crippen LogP contribution in [0.4, 0.5) is 13.2 Å². The van der Waals surface area contributed by atoms with Gasteiger partial charge < -0.3 is 14.8 Å². The second-order valence-corrected chi connectivity index (χ2v) is 3.66. The van der Waals surface area contributed by atoms with Crippen LogP contribution in [0.5, 0.6) is 5.75 Å². The first-order valence-corrected chi connectivity index (χ1v) is 5.50. The molecule has 0 aliphatic rings. The number of hydrogen-bond donors (Lipinski definition) is 1. The van der Waals surface area contributed by atoms with Crippen molar-refractivity contribution in [2.75, 3.05) is 26.9 Å². The van der Waals surface area contributed by atoms with E-state index in [1.807, 2.05) is 24.3 Å². The lowest BCUT2D eigenvalue weighted by molar-refractivity contribution is -0.173. The highest BCUT2D eigenvalue weighted by molar-refractivity contribution is 5.32. The Morgan fingerprint density at radius 3 is 2.61 bits per heavy atom. The molecule has 1 aromatic carbocycles. The van der Waals surface area contributed by atoms with E-state index in [1.165, 1.54) is 0 Å². The van der Waals surface area contributed by atoms with Gasteiger partial charge in [-0.1, -0.05) is 18.2 Å². The van der Waals surface area contributed by atoms with E-state index in [-0.39, 0.29) is 6.61 Å². The number of alkyl halides is 3. The van der Waals surface area contributed by atoms with E-state index in [2.05, 4.69) is 10.1 Å². The van der Waals surface area contributed by atoms with E-state index >= 15 is 0 Å². The minimum atomic E-state index is -4.26. The maximum Gasteiger partial charge on any atom is 0.411 e. The van der Waals surface area contributed by atoms with Gasteiger partial charge in [-0.25, -0.2) is 0 Å². The normalized spacial score (nSPS) is 11.6. The summed E-state index contributed by atoms with van der Waals surface area (Å²) < 4.78 is 44.9. The average Bonchev–Trinajstić information content (AvgIpc) is 2.32. The first kappa shape index (κ1) is 14.8. The SMILES string of the molecule is COc1ccccc1CNCCOCC(F)(F)F.